The average Bonchev–Trinajstić information content (AvgIpc) is 2.42. The number of methoxy groups -OCH3 is 2. The lowest BCUT2D eigenvalue weighted by Gasteiger charge is -2.26. The Hall–Kier alpha value is -1.96. The Labute approximate surface area is 120 Å². The van der Waals surface area contributed by atoms with Crippen LogP contribution in [0.4, 0.5) is 13.2 Å². The van der Waals surface area contributed by atoms with Crippen molar-refractivity contribution >= 4 is 5.91 Å². The molecule has 3 N–H and O–H groups in total. The number of rotatable bonds is 5. The maximum absolute atomic E-state index is 12.6. The quantitative estimate of drug-likeness (QED) is 0.866. The number of ether oxygens (including phenoxy) is 2. The predicted molar refractivity (Wildman–Crippen MR) is 70.0 cm³/mol. The molecule has 0 radical (unpaired) electrons. The highest BCUT2D eigenvalue weighted by atomic mass is 19.4. The van der Waals surface area contributed by atoms with Gasteiger partial charge in [-0.1, -0.05) is 6.07 Å². The van der Waals surface area contributed by atoms with Crippen molar-refractivity contribution in [1.82, 2.24) is 5.32 Å². The van der Waals surface area contributed by atoms with Gasteiger partial charge in [0.1, 0.15) is 0 Å². The lowest BCUT2D eigenvalue weighted by Crippen LogP contribution is -2.61. The highest BCUT2D eigenvalue weighted by molar-refractivity contribution is 5.86. The lowest BCUT2D eigenvalue weighted by molar-refractivity contribution is -0.187. The zero-order valence-electron chi connectivity index (χ0n) is 11.9. The molecule has 0 aliphatic carbocycles. The lowest BCUT2D eigenvalue weighted by atomic mass is 10.0. The van der Waals surface area contributed by atoms with E-state index < -0.39 is 17.6 Å². The minimum atomic E-state index is -4.82. The summed E-state index contributed by atoms with van der Waals surface area (Å²) in [4.78, 5) is 11.6. The molecule has 21 heavy (non-hydrogen) atoms. The Kier molecular flexibility index (Phi) is 5.06. The maximum Gasteiger partial charge on any atom is 0.415 e. The fourth-order valence-corrected chi connectivity index (χ4v) is 1.49. The minimum absolute atomic E-state index is 0.109. The van der Waals surface area contributed by atoms with Crippen LogP contribution in [-0.2, 0) is 11.3 Å². The summed E-state index contributed by atoms with van der Waals surface area (Å²) < 4.78 is 47.9. The van der Waals surface area contributed by atoms with E-state index in [0.29, 0.717) is 24.0 Å². The monoisotopic (exact) mass is 306 g/mol. The number of halogens is 3. The summed E-state index contributed by atoms with van der Waals surface area (Å²) >= 11 is 0. The van der Waals surface area contributed by atoms with Gasteiger partial charge < -0.3 is 20.5 Å². The SMILES string of the molecule is COc1ccc(CNC(=O)C(C)(N)C(F)(F)F)cc1OC. The molecule has 0 spiro atoms. The Morgan fingerprint density at radius 1 is 1.24 bits per heavy atom. The number of carbonyl (C=O) groups is 1. The van der Waals surface area contributed by atoms with Gasteiger partial charge in [0, 0.05) is 6.54 Å². The Morgan fingerprint density at radius 2 is 1.81 bits per heavy atom. The van der Waals surface area contributed by atoms with E-state index in [1.54, 1.807) is 18.2 Å². The topological polar surface area (TPSA) is 73.6 Å². The Bertz CT molecular complexity index is 516. The van der Waals surface area contributed by atoms with Crippen LogP contribution < -0.4 is 20.5 Å². The number of benzene rings is 1. The van der Waals surface area contributed by atoms with Gasteiger partial charge in [0.2, 0.25) is 5.91 Å². The van der Waals surface area contributed by atoms with Crippen molar-refractivity contribution in [2.45, 2.75) is 25.2 Å². The molecule has 0 saturated carbocycles. The van der Waals surface area contributed by atoms with E-state index >= 15 is 0 Å². The summed E-state index contributed by atoms with van der Waals surface area (Å²) in [5.74, 6) is -0.410. The fraction of sp³-hybridized carbons (Fsp3) is 0.462. The van der Waals surface area contributed by atoms with Gasteiger partial charge in [-0.3, -0.25) is 4.79 Å². The predicted octanol–water partition coefficient (Wildman–Crippen LogP) is 1.60. The molecule has 0 aliphatic rings. The second-order valence-corrected chi connectivity index (χ2v) is 4.57. The summed E-state index contributed by atoms with van der Waals surface area (Å²) in [7, 11) is 2.89. The van der Waals surface area contributed by atoms with Gasteiger partial charge in [-0.25, -0.2) is 0 Å². The molecular weight excluding hydrogens is 289 g/mol. The number of hydrogen-bond acceptors (Lipinski definition) is 4. The van der Waals surface area contributed by atoms with Crippen LogP contribution in [0, 0.1) is 0 Å². The molecule has 1 unspecified atom stereocenters. The van der Waals surface area contributed by atoms with E-state index in [1.165, 1.54) is 14.2 Å². The normalized spacial score (nSPS) is 14.2. The molecule has 0 aromatic heterocycles. The van der Waals surface area contributed by atoms with E-state index in [4.69, 9.17) is 15.2 Å². The van der Waals surface area contributed by atoms with Crippen molar-refractivity contribution in [1.29, 1.82) is 0 Å². The summed E-state index contributed by atoms with van der Waals surface area (Å²) in [6, 6.07) is 4.75. The van der Waals surface area contributed by atoms with Crippen LogP contribution in [0.3, 0.4) is 0 Å². The molecule has 118 valence electrons. The third-order valence-electron chi connectivity index (χ3n) is 2.96. The molecule has 5 nitrogen and oxygen atoms in total. The van der Waals surface area contributed by atoms with Crippen molar-refractivity contribution in [3.63, 3.8) is 0 Å². The van der Waals surface area contributed by atoms with Gasteiger partial charge >= 0.3 is 6.18 Å². The number of nitrogens with two attached hydrogens (primary N) is 1. The Balaban J connectivity index is 2.78. The molecule has 0 fully saturated rings. The molecular formula is C13H17F3N2O3. The number of amides is 1. The first-order valence-corrected chi connectivity index (χ1v) is 5.98. The van der Waals surface area contributed by atoms with E-state index in [0.717, 1.165) is 0 Å². The molecule has 0 bridgehead atoms. The van der Waals surface area contributed by atoms with Gasteiger partial charge in [-0.15, -0.1) is 0 Å². The number of carbonyl (C=O) groups excluding carboxylic acids is 1. The first kappa shape index (κ1) is 17.1. The number of hydrogen-bond donors (Lipinski definition) is 2. The van der Waals surface area contributed by atoms with Crippen molar-refractivity contribution in [3.05, 3.63) is 23.8 Å². The standard InChI is InChI=1S/C13H17F3N2O3/c1-12(17,13(14,15)16)11(19)18-7-8-4-5-9(20-2)10(6-8)21-3/h4-6H,7,17H2,1-3H3,(H,18,19). The Morgan fingerprint density at radius 3 is 2.29 bits per heavy atom. The van der Waals surface area contributed by atoms with Crippen LogP contribution in [-0.4, -0.2) is 31.8 Å². The molecule has 1 aromatic rings. The number of alkyl halides is 3. The molecule has 0 aliphatic heterocycles. The van der Waals surface area contributed by atoms with Crippen molar-refractivity contribution in [2.24, 2.45) is 5.73 Å². The van der Waals surface area contributed by atoms with E-state index in [2.05, 4.69) is 5.32 Å². The van der Waals surface area contributed by atoms with Crippen molar-refractivity contribution < 1.29 is 27.4 Å². The fourth-order valence-electron chi connectivity index (χ4n) is 1.49. The van der Waals surface area contributed by atoms with Crippen LogP contribution in [0.5, 0.6) is 11.5 Å². The van der Waals surface area contributed by atoms with Crippen LogP contribution >= 0.6 is 0 Å². The highest BCUT2D eigenvalue weighted by Gasteiger charge is 2.53. The smallest absolute Gasteiger partial charge is 0.415 e. The van der Waals surface area contributed by atoms with Gasteiger partial charge in [-0.05, 0) is 24.6 Å². The average molecular weight is 306 g/mol. The molecule has 0 heterocycles. The summed E-state index contributed by atoms with van der Waals surface area (Å²) in [5, 5.41) is 2.15. The molecule has 1 aromatic carbocycles. The summed E-state index contributed by atoms with van der Waals surface area (Å²) in [6.07, 6.45) is -4.82. The zero-order chi connectivity index (χ0) is 16.3. The van der Waals surface area contributed by atoms with Gasteiger partial charge in [0.15, 0.2) is 17.0 Å². The second-order valence-electron chi connectivity index (χ2n) is 4.57. The van der Waals surface area contributed by atoms with Gasteiger partial charge in [0.05, 0.1) is 14.2 Å². The van der Waals surface area contributed by atoms with Crippen LogP contribution in [0.25, 0.3) is 0 Å². The van der Waals surface area contributed by atoms with Crippen molar-refractivity contribution in [3.8, 4) is 11.5 Å². The van der Waals surface area contributed by atoms with E-state index in [1.807, 2.05) is 0 Å². The molecule has 0 saturated heterocycles. The largest absolute Gasteiger partial charge is 0.493 e. The summed E-state index contributed by atoms with van der Waals surface area (Å²) in [6.45, 7) is 0.513. The second kappa shape index (κ2) is 6.21. The molecule has 1 amide bonds. The van der Waals surface area contributed by atoms with Crippen LogP contribution in [0.15, 0.2) is 18.2 Å². The van der Waals surface area contributed by atoms with Crippen molar-refractivity contribution in [2.75, 3.05) is 14.2 Å². The number of nitrogens with one attached hydrogen (secondary N) is 1. The third-order valence-corrected chi connectivity index (χ3v) is 2.96. The van der Waals surface area contributed by atoms with Gasteiger partial charge in [0.25, 0.3) is 0 Å². The minimum Gasteiger partial charge on any atom is -0.493 e. The molecule has 1 atom stereocenters. The molecule has 1 rings (SSSR count). The van der Waals surface area contributed by atoms with E-state index in [9.17, 15) is 18.0 Å². The van der Waals surface area contributed by atoms with Crippen LogP contribution in [0.1, 0.15) is 12.5 Å². The van der Waals surface area contributed by atoms with Gasteiger partial charge in [-0.2, -0.15) is 13.2 Å². The van der Waals surface area contributed by atoms with E-state index in [-0.39, 0.29) is 6.54 Å². The van der Waals surface area contributed by atoms with Crippen LogP contribution in [0.2, 0.25) is 0 Å². The summed E-state index contributed by atoms with van der Waals surface area (Å²) in [5.41, 5.74) is 2.64. The maximum atomic E-state index is 12.6. The highest BCUT2D eigenvalue weighted by Crippen LogP contribution is 2.29. The third kappa shape index (κ3) is 3.78. The first-order valence-electron chi connectivity index (χ1n) is 5.98. The first-order chi connectivity index (χ1) is 9.63. The zero-order valence-corrected chi connectivity index (χ0v) is 11.9. The molecule has 8 heteroatoms.